The number of amides is 1. The van der Waals surface area contributed by atoms with Crippen LogP contribution in [0.1, 0.15) is 31.0 Å². The van der Waals surface area contributed by atoms with Gasteiger partial charge in [-0.1, -0.05) is 25.4 Å². The number of rotatable bonds is 5. The molecule has 0 unspecified atom stereocenters. The molecular formula is C15H27Cl2N5O. The van der Waals surface area contributed by atoms with E-state index in [1.807, 2.05) is 11.9 Å². The lowest BCUT2D eigenvalue weighted by Crippen LogP contribution is -2.49. The number of carbonyl (C=O) groups is 1. The Hall–Kier alpha value is -0.820. The standard InChI is InChI=1S/C15H26ClN5O.ClH/c1-11(2)14-12(15(16)20(4)18-14)9-17-10-13(22)21-7-5-19(3)6-8-21;/h11,17H,5-10H2,1-4H3;1H. The van der Waals surface area contributed by atoms with Crippen LogP contribution >= 0.6 is 24.0 Å². The quantitative estimate of drug-likeness (QED) is 0.860. The van der Waals surface area contributed by atoms with Crippen LogP contribution in [0.25, 0.3) is 0 Å². The molecular weight excluding hydrogens is 337 g/mol. The van der Waals surface area contributed by atoms with E-state index in [-0.39, 0.29) is 18.3 Å². The van der Waals surface area contributed by atoms with Gasteiger partial charge in [0.05, 0.1) is 12.2 Å². The summed E-state index contributed by atoms with van der Waals surface area (Å²) in [5.74, 6) is 0.461. The van der Waals surface area contributed by atoms with Crippen LogP contribution in [0.2, 0.25) is 5.15 Å². The molecule has 23 heavy (non-hydrogen) atoms. The number of hydrogen-bond acceptors (Lipinski definition) is 4. The van der Waals surface area contributed by atoms with Gasteiger partial charge in [0.15, 0.2) is 0 Å². The maximum absolute atomic E-state index is 12.2. The maximum atomic E-state index is 12.2. The summed E-state index contributed by atoms with van der Waals surface area (Å²) in [6, 6.07) is 0. The van der Waals surface area contributed by atoms with Crippen LogP contribution in [0.4, 0.5) is 0 Å². The fourth-order valence-electron chi connectivity index (χ4n) is 2.66. The van der Waals surface area contributed by atoms with E-state index in [9.17, 15) is 4.79 Å². The Morgan fingerprint density at radius 3 is 2.43 bits per heavy atom. The van der Waals surface area contributed by atoms with Crippen LogP contribution in [0, 0.1) is 0 Å². The van der Waals surface area contributed by atoms with E-state index < -0.39 is 0 Å². The van der Waals surface area contributed by atoms with E-state index in [4.69, 9.17) is 11.6 Å². The predicted octanol–water partition coefficient (Wildman–Crippen LogP) is 1.48. The minimum absolute atomic E-state index is 0. The van der Waals surface area contributed by atoms with E-state index in [0.717, 1.165) is 37.4 Å². The number of nitrogens with zero attached hydrogens (tertiary/aromatic N) is 4. The van der Waals surface area contributed by atoms with Gasteiger partial charge in [-0.3, -0.25) is 9.48 Å². The van der Waals surface area contributed by atoms with Crippen molar-refractivity contribution in [3.8, 4) is 0 Å². The van der Waals surface area contributed by atoms with Crippen LogP contribution < -0.4 is 5.32 Å². The molecule has 132 valence electrons. The van der Waals surface area contributed by atoms with E-state index >= 15 is 0 Å². The molecule has 2 rings (SSSR count). The molecule has 0 aliphatic carbocycles. The Bertz CT molecular complexity index is 524. The van der Waals surface area contributed by atoms with Crippen LogP contribution in [0.5, 0.6) is 0 Å². The highest BCUT2D eigenvalue weighted by atomic mass is 35.5. The van der Waals surface area contributed by atoms with Crippen LogP contribution in [0.3, 0.4) is 0 Å². The summed E-state index contributed by atoms with van der Waals surface area (Å²) in [5, 5.41) is 8.31. The molecule has 1 aliphatic heterocycles. The Morgan fingerprint density at radius 2 is 1.87 bits per heavy atom. The topological polar surface area (TPSA) is 53.4 Å². The van der Waals surface area contributed by atoms with Crippen molar-refractivity contribution in [3.63, 3.8) is 0 Å². The number of piperazine rings is 1. The zero-order chi connectivity index (χ0) is 16.3. The molecule has 0 atom stereocenters. The number of halogens is 2. The van der Waals surface area contributed by atoms with Gasteiger partial charge in [0, 0.05) is 45.3 Å². The minimum atomic E-state index is 0. The van der Waals surface area contributed by atoms with E-state index in [1.165, 1.54) is 0 Å². The summed E-state index contributed by atoms with van der Waals surface area (Å²) < 4.78 is 1.69. The van der Waals surface area contributed by atoms with Gasteiger partial charge in [-0.2, -0.15) is 5.10 Å². The fourth-order valence-corrected chi connectivity index (χ4v) is 2.86. The first-order valence-corrected chi connectivity index (χ1v) is 8.16. The zero-order valence-electron chi connectivity index (χ0n) is 14.3. The van der Waals surface area contributed by atoms with Gasteiger partial charge < -0.3 is 15.1 Å². The lowest BCUT2D eigenvalue weighted by molar-refractivity contribution is -0.131. The van der Waals surface area contributed by atoms with Gasteiger partial charge in [-0.15, -0.1) is 12.4 Å². The normalized spacial score (nSPS) is 15.8. The summed E-state index contributed by atoms with van der Waals surface area (Å²) in [6.07, 6.45) is 0. The largest absolute Gasteiger partial charge is 0.339 e. The fraction of sp³-hybridized carbons (Fsp3) is 0.733. The van der Waals surface area contributed by atoms with Gasteiger partial charge in [0.1, 0.15) is 5.15 Å². The number of aryl methyl sites for hydroxylation is 1. The third kappa shape index (κ3) is 5.08. The number of nitrogens with one attached hydrogen (secondary N) is 1. The average molecular weight is 364 g/mol. The van der Waals surface area contributed by atoms with Gasteiger partial charge in [-0.25, -0.2) is 0 Å². The number of hydrogen-bond donors (Lipinski definition) is 1. The monoisotopic (exact) mass is 363 g/mol. The first-order valence-electron chi connectivity index (χ1n) is 7.78. The van der Waals surface area contributed by atoms with E-state index in [1.54, 1.807) is 4.68 Å². The first kappa shape index (κ1) is 20.2. The average Bonchev–Trinajstić information content (AvgIpc) is 2.76. The third-order valence-electron chi connectivity index (χ3n) is 4.08. The summed E-state index contributed by atoms with van der Waals surface area (Å²) in [7, 11) is 3.92. The lowest BCUT2D eigenvalue weighted by atomic mass is 10.1. The Kier molecular flexibility index (Phi) is 7.80. The predicted molar refractivity (Wildman–Crippen MR) is 95.3 cm³/mol. The van der Waals surface area contributed by atoms with Crippen LogP contribution in [0.15, 0.2) is 0 Å². The van der Waals surface area contributed by atoms with Crippen molar-refractivity contribution in [1.29, 1.82) is 0 Å². The smallest absolute Gasteiger partial charge is 0.236 e. The first-order chi connectivity index (χ1) is 10.4. The van der Waals surface area contributed by atoms with Gasteiger partial charge in [0.25, 0.3) is 0 Å². The highest BCUT2D eigenvalue weighted by Gasteiger charge is 2.20. The maximum Gasteiger partial charge on any atom is 0.236 e. The lowest BCUT2D eigenvalue weighted by Gasteiger charge is -2.32. The molecule has 1 aromatic rings. The molecule has 1 saturated heterocycles. The summed E-state index contributed by atoms with van der Waals surface area (Å²) >= 11 is 6.30. The molecule has 0 saturated carbocycles. The molecule has 1 fully saturated rings. The Labute approximate surface area is 149 Å². The van der Waals surface area contributed by atoms with Crippen LogP contribution in [-0.4, -0.2) is 65.3 Å². The van der Waals surface area contributed by atoms with Crippen molar-refractivity contribution in [2.75, 3.05) is 39.8 Å². The second kappa shape index (κ2) is 8.87. The minimum Gasteiger partial charge on any atom is -0.339 e. The number of carbonyl (C=O) groups excluding carboxylic acids is 1. The van der Waals surface area contributed by atoms with Crippen molar-refractivity contribution < 1.29 is 4.79 Å². The van der Waals surface area contributed by atoms with E-state index in [2.05, 4.69) is 36.2 Å². The highest BCUT2D eigenvalue weighted by molar-refractivity contribution is 6.30. The Morgan fingerprint density at radius 1 is 1.26 bits per heavy atom. The van der Waals surface area contributed by atoms with Crippen molar-refractivity contribution in [2.45, 2.75) is 26.3 Å². The summed E-state index contributed by atoms with van der Waals surface area (Å²) in [5.41, 5.74) is 1.98. The van der Waals surface area contributed by atoms with Gasteiger partial charge in [0.2, 0.25) is 5.91 Å². The molecule has 1 aliphatic rings. The van der Waals surface area contributed by atoms with Crippen molar-refractivity contribution in [3.05, 3.63) is 16.4 Å². The SMILES string of the molecule is CC(C)c1nn(C)c(Cl)c1CNCC(=O)N1CCN(C)CC1.Cl. The molecule has 0 radical (unpaired) electrons. The van der Waals surface area contributed by atoms with E-state index in [0.29, 0.717) is 24.2 Å². The second-order valence-electron chi connectivity index (χ2n) is 6.22. The molecule has 1 amide bonds. The molecule has 2 heterocycles. The molecule has 0 aromatic carbocycles. The third-order valence-corrected chi connectivity index (χ3v) is 4.55. The van der Waals surface area contributed by atoms with Crippen molar-refractivity contribution in [1.82, 2.24) is 24.9 Å². The number of aromatic nitrogens is 2. The summed E-state index contributed by atoms with van der Waals surface area (Å²) in [6.45, 7) is 8.60. The molecule has 1 aromatic heterocycles. The molecule has 8 heteroatoms. The van der Waals surface area contributed by atoms with Gasteiger partial charge in [-0.05, 0) is 13.0 Å². The second-order valence-corrected chi connectivity index (χ2v) is 6.58. The highest BCUT2D eigenvalue weighted by Crippen LogP contribution is 2.24. The molecule has 6 nitrogen and oxygen atoms in total. The Balaban J connectivity index is 0.00000264. The molecule has 0 spiro atoms. The van der Waals surface area contributed by atoms with Gasteiger partial charge >= 0.3 is 0 Å². The molecule has 1 N–H and O–H groups in total. The van der Waals surface area contributed by atoms with Crippen LogP contribution in [-0.2, 0) is 18.4 Å². The zero-order valence-corrected chi connectivity index (χ0v) is 15.9. The molecule has 0 bridgehead atoms. The summed E-state index contributed by atoms with van der Waals surface area (Å²) in [4.78, 5) is 16.4. The van der Waals surface area contributed by atoms with Crippen molar-refractivity contribution >= 4 is 29.9 Å². The number of likely N-dealkylation sites (N-methyl/N-ethyl adjacent to an activating group) is 1. The van der Waals surface area contributed by atoms with Crippen molar-refractivity contribution in [2.24, 2.45) is 7.05 Å².